The normalized spacial score (nSPS) is 17.1. The summed E-state index contributed by atoms with van der Waals surface area (Å²) in [4.78, 5) is 23.5. The first-order chi connectivity index (χ1) is 7.56. The summed E-state index contributed by atoms with van der Waals surface area (Å²) in [6.45, 7) is 8.83. The standard InChI is InChI=1S/C12H22O4S/c1-7-8(9(13)17-11(2,3)4)12(5,15)10(14)16-6/h8,15H,7H2,1-6H3/t8-,12-/m1/s1. The van der Waals surface area contributed by atoms with Gasteiger partial charge in [0, 0.05) is 4.75 Å². The molecule has 0 spiro atoms. The van der Waals surface area contributed by atoms with Gasteiger partial charge in [0.15, 0.2) is 10.7 Å². The van der Waals surface area contributed by atoms with Crippen LogP contribution in [0.2, 0.25) is 0 Å². The van der Waals surface area contributed by atoms with E-state index in [2.05, 4.69) is 4.74 Å². The summed E-state index contributed by atoms with van der Waals surface area (Å²) < 4.78 is 4.29. The Morgan fingerprint density at radius 1 is 1.29 bits per heavy atom. The fourth-order valence-corrected chi connectivity index (χ4v) is 2.66. The van der Waals surface area contributed by atoms with Gasteiger partial charge >= 0.3 is 5.97 Å². The number of rotatable bonds is 4. The summed E-state index contributed by atoms with van der Waals surface area (Å²) in [7, 11) is 1.20. The maximum atomic E-state index is 12.1. The molecule has 0 aromatic carbocycles. The zero-order valence-electron chi connectivity index (χ0n) is 11.4. The summed E-state index contributed by atoms with van der Waals surface area (Å²) in [6.07, 6.45) is 0.393. The topological polar surface area (TPSA) is 63.6 Å². The van der Waals surface area contributed by atoms with E-state index < -0.39 is 17.5 Å². The maximum absolute atomic E-state index is 12.1. The van der Waals surface area contributed by atoms with Gasteiger partial charge in [-0.15, -0.1) is 0 Å². The van der Waals surface area contributed by atoms with E-state index in [9.17, 15) is 14.7 Å². The predicted octanol–water partition coefficient (Wildman–Crippen LogP) is 1.99. The van der Waals surface area contributed by atoms with E-state index in [0.29, 0.717) is 6.42 Å². The van der Waals surface area contributed by atoms with Crippen molar-refractivity contribution in [3.63, 3.8) is 0 Å². The van der Waals surface area contributed by atoms with Gasteiger partial charge < -0.3 is 9.84 Å². The number of esters is 1. The molecule has 0 radical (unpaired) electrons. The molecule has 0 aliphatic carbocycles. The highest BCUT2D eigenvalue weighted by Crippen LogP contribution is 2.33. The lowest BCUT2D eigenvalue weighted by molar-refractivity contribution is -0.167. The minimum Gasteiger partial charge on any atom is -0.467 e. The average Bonchev–Trinajstić information content (AvgIpc) is 2.14. The molecule has 0 aliphatic heterocycles. The third-order valence-electron chi connectivity index (χ3n) is 2.38. The van der Waals surface area contributed by atoms with E-state index in [-0.39, 0.29) is 9.86 Å². The second-order valence-electron chi connectivity index (χ2n) is 5.13. The van der Waals surface area contributed by atoms with Gasteiger partial charge in [0.25, 0.3) is 0 Å². The van der Waals surface area contributed by atoms with Gasteiger partial charge in [-0.05, 0) is 13.3 Å². The van der Waals surface area contributed by atoms with Crippen molar-refractivity contribution >= 4 is 22.8 Å². The smallest absolute Gasteiger partial charge is 0.338 e. The fourth-order valence-electron chi connectivity index (χ4n) is 1.52. The Kier molecular flexibility index (Phi) is 5.68. The van der Waals surface area contributed by atoms with Crippen molar-refractivity contribution < 1.29 is 19.4 Å². The van der Waals surface area contributed by atoms with Crippen LogP contribution in [0, 0.1) is 5.92 Å². The van der Waals surface area contributed by atoms with E-state index in [1.54, 1.807) is 6.92 Å². The molecule has 0 heterocycles. The third-order valence-corrected chi connectivity index (χ3v) is 3.47. The van der Waals surface area contributed by atoms with Crippen molar-refractivity contribution in [3.05, 3.63) is 0 Å². The molecule has 5 heteroatoms. The molecule has 0 fully saturated rings. The van der Waals surface area contributed by atoms with Crippen molar-refractivity contribution in [2.75, 3.05) is 7.11 Å². The van der Waals surface area contributed by atoms with Crippen LogP contribution in [0.3, 0.4) is 0 Å². The molecule has 1 N–H and O–H groups in total. The highest BCUT2D eigenvalue weighted by Gasteiger charge is 2.44. The SMILES string of the molecule is CC[C@H](C(=O)SC(C)(C)C)[C@@](C)(O)C(=O)OC. The number of methoxy groups -OCH3 is 1. The van der Waals surface area contributed by atoms with E-state index in [4.69, 9.17) is 0 Å². The highest BCUT2D eigenvalue weighted by molar-refractivity contribution is 8.14. The van der Waals surface area contributed by atoms with Crippen LogP contribution >= 0.6 is 11.8 Å². The molecule has 0 rings (SSSR count). The Bertz CT molecular complexity index is 291. The largest absolute Gasteiger partial charge is 0.467 e. The van der Waals surface area contributed by atoms with Crippen LogP contribution in [0.5, 0.6) is 0 Å². The summed E-state index contributed by atoms with van der Waals surface area (Å²) in [6, 6.07) is 0. The maximum Gasteiger partial charge on any atom is 0.338 e. The monoisotopic (exact) mass is 262 g/mol. The number of hydrogen-bond acceptors (Lipinski definition) is 5. The predicted molar refractivity (Wildman–Crippen MR) is 68.8 cm³/mol. The van der Waals surface area contributed by atoms with Crippen molar-refractivity contribution in [1.82, 2.24) is 0 Å². The molecule has 0 aromatic heterocycles. The minimum absolute atomic E-state index is 0.185. The van der Waals surface area contributed by atoms with Crippen LogP contribution in [0.15, 0.2) is 0 Å². The fraction of sp³-hybridized carbons (Fsp3) is 0.833. The molecule has 4 nitrogen and oxygen atoms in total. The Balaban J connectivity index is 4.96. The molecule has 100 valence electrons. The Hall–Kier alpha value is -0.550. The highest BCUT2D eigenvalue weighted by atomic mass is 32.2. The van der Waals surface area contributed by atoms with E-state index in [1.807, 2.05) is 20.8 Å². The van der Waals surface area contributed by atoms with Gasteiger partial charge in [0.2, 0.25) is 0 Å². The van der Waals surface area contributed by atoms with Crippen molar-refractivity contribution in [1.29, 1.82) is 0 Å². The summed E-state index contributed by atoms with van der Waals surface area (Å²) in [5.41, 5.74) is -1.77. The van der Waals surface area contributed by atoms with Crippen LogP contribution in [-0.4, -0.2) is 33.6 Å². The number of hydrogen-bond donors (Lipinski definition) is 1. The Morgan fingerprint density at radius 3 is 2.06 bits per heavy atom. The van der Waals surface area contributed by atoms with Crippen LogP contribution in [0.25, 0.3) is 0 Å². The average molecular weight is 262 g/mol. The summed E-state index contributed by atoms with van der Waals surface area (Å²) in [5.74, 6) is -1.52. The Labute approximate surface area is 107 Å². The van der Waals surface area contributed by atoms with Gasteiger partial charge in [-0.3, -0.25) is 4.79 Å². The Morgan fingerprint density at radius 2 is 1.76 bits per heavy atom. The lowest BCUT2D eigenvalue weighted by Gasteiger charge is -2.30. The summed E-state index contributed by atoms with van der Waals surface area (Å²) >= 11 is 1.14. The quantitative estimate of drug-likeness (QED) is 0.785. The number of thioether (sulfide) groups is 1. The van der Waals surface area contributed by atoms with Crippen molar-refractivity contribution in [2.24, 2.45) is 5.92 Å². The molecule has 0 aromatic rings. The van der Waals surface area contributed by atoms with Crippen molar-refractivity contribution in [2.45, 2.75) is 51.4 Å². The number of aliphatic hydroxyl groups is 1. The van der Waals surface area contributed by atoms with Crippen molar-refractivity contribution in [3.8, 4) is 0 Å². The van der Waals surface area contributed by atoms with Gasteiger partial charge in [-0.25, -0.2) is 4.79 Å². The molecule has 2 atom stereocenters. The first-order valence-electron chi connectivity index (χ1n) is 5.60. The minimum atomic E-state index is -1.77. The first kappa shape index (κ1) is 16.4. The molecule has 17 heavy (non-hydrogen) atoms. The zero-order chi connectivity index (χ0) is 13.9. The van der Waals surface area contributed by atoms with Crippen LogP contribution in [0.1, 0.15) is 41.0 Å². The number of ether oxygens (including phenoxy) is 1. The number of carbonyl (C=O) groups excluding carboxylic acids is 2. The van der Waals surface area contributed by atoms with Crippen LogP contribution < -0.4 is 0 Å². The van der Waals surface area contributed by atoms with Crippen LogP contribution in [-0.2, 0) is 14.3 Å². The molecular formula is C12H22O4S. The molecule has 0 amide bonds. The molecular weight excluding hydrogens is 240 g/mol. The van der Waals surface area contributed by atoms with Gasteiger partial charge in [0.05, 0.1) is 13.0 Å². The van der Waals surface area contributed by atoms with E-state index >= 15 is 0 Å². The first-order valence-corrected chi connectivity index (χ1v) is 6.41. The molecule has 0 saturated heterocycles. The zero-order valence-corrected chi connectivity index (χ0v) is 12.2. The molecule has 0 unspecified atom stereocenters. The molecule has 0 saturated carbocycles. The summed E-state index contributed by atoms with van der Waals surface area (Å²) in [5, 5.41) is 9.92. The van der Waals surface area contributed by atoms with Crippen LogP contribution in [0.4, 0.5) is 0 Å². The third kappa shape index (κ3) is 4.68. The second kappa shape index (κ2) is 5.87. The van der Waals surface area contributed by atoms with E-state index in [0.717, 1.165) is 11.8 Å². The van der Waals surface area contributed by atoms with E-state index in [1.165, 1.54) is 14.0 Å². The second-order valence-corrected chi connectivity index (χ2v) is 6.96. The molecule has 0 bridgehead atoms. The molecule has 0 aliphatic rings. The van der Waals surface area contributed by atoms with Gasteiger partial charge in [-0.1, -0.05) is 39.5 Å². The van der Waals surface area contributed by atoms with Gasteiger partial charge in [-0.2, -0.15) is 0 Å². The lowest BCUT2D eigenvalue weighted by atomic mass is 9.88. The lowest BCUT2D eigenvalue weighted by Crippen LogP contribution is -2.47. The van der Waals surface area contributed by atoms with Gasteiger partial charge in [0.1, 0.15) is 0 Å². The number of carbonyl (C=O) groups is 2.